The molecule has 0 saturated heterocycles. The molecule has 0 spiro atoms. The van der Waals surface area contributed by atoms with Crippen LogP contribution in [0.25, 0.3) is 0 Å². The van der Waals surface area contributed by atoms with Gasteiger partial charge in [-0.25, -0.2) is 0 Å². The third-order valence-electron chi connectivity index (χ3n) is 3.17. The van der Waals surface area contributed by atoms with Crippen molar-refractivity contribution >= 4 is 7.60 Å². The zero-order chi connectivity index (χ0) is 14.4. The molecular weight excluding hydrogens is 263 g/mol. The number of hydrogen-bond acceptors (Lipinski definition) is 2. The monoisotopic (exact) mass is 294 g/mol. The minimum atomic E-state index is -3.87. The summed E-state index contributed by atoms with van der Waals surface area (Å²) in [5, 5.41) is 0. The SMILES string of the molecule is CCCCCCCCCCCCOCCP(=O)(O)O. The Morgan fingerprint density at radius 3 is 1.74 bits per heavy atom. The van der Waals surface area contributed by atoms with Gasteiger partial charge in [0.2, 0.25) is 0 Å². The van der Waals surface area contributed by atoms with Crippen molar-refractivity contribution in [2.75, 3.05) is 19.4 Å². The third-order valence-corrected chi connectivity index (χ3v) is 3.93. The van der Waals surface area contributed by atoms with Crippen LogP contribution in [-0.4, -0.2) is 29.2 Å². The Hall–Kier alpha value is 0.110. The van der Waals surface area contributed by atoms with Crippen molar-refractivity contribution in [3.8, 4) is 0 Å². The van der Waals surface area contributed by atoms with Gasteiger partial charge in [0.05, 0.1) is 12.8 Å². The highest BCUT2D eigenvalue weighted by atomic mass is 31.2. The fourth-order valence-electron chi connectivity index (χ4n) is 1.98. The van der Waals surface area contributed by atoms with Crippen LogP contribution >= 0.6 is 7.60 Å². The van der Waals surface area contributed by atoms with Gasteiger partial charge in [-0.1, -0.05) is 64.7 Å². The molecule has 0 heterocycles. The predicted molar refractivity (Wildman–Crippen MR) is 79.6 cm³/mol. The van der Waals surface area contributed by atoms with E-state index in [0.717, 1.165) is 12.8 Å². The second kappa shape index (κ2) is 13.1. The first-order valence-corrected chi connectivity index (χ1v) is 9.48. The lowest BCUT2D eigenvalue weighted by atomic mass is 10.1. The van der Waals surface area contributed by atoms with Crippen molar-refractivity contribution in [1.82, 2.24) is 0 Å². The molecule has 0 bridgehead atoms. The molecule has 0 amide bonds. The standard InChI is InChI=1S/C14H31O4P/c1-2-3-4-5-6-7-8-9-10-11-12-18-13-14-19(15,16)17/h2-14H2,1H3,(H2,15,16,17). The summed E-state index contributed by atoms with van der Waals surface area (Å²) >= 11 is 0. The van der Waals surface area contributed by atoms with Crippen LogP contribution in [0.1, 0.15) is 71.1 Å². The lowest BCUT2D eigenvalue weighted by Gasteiger charge is -2.05. The maximum Gasteiger partial charge on any atom is 0.327 e. The summed E-state index contributed by atoms with van der Waals surface area (Å²) in [4.78, 5) is 17.3. The molecule has 2 N–H and O–H groups in total. The smallest absolute Gasteiger partial charge is 0.327 e. The highest BCUT2D eigenvalue weighted by Gasteiger charge is 2.11. The molecule has 0 atom stereocenters. The average molecular weight is 294 g/mol. The van der Waals surface area contributed by atoms with E-state index >= 15 is 0 Å². The molecule has 0 aromatic heterocycles. The molecule has 0 radical (unpaired) electrons. The minimum absolute atomic E-state index is 0.162. The van der Waals surface area contributed by atoms with Crippen LogP contribution < -0.4 is 0 Å². The Morgan fingerprint density at radius 1 is 0.789 bits per heavy atom. The second-order valence-corrected chi connectivity index (χ2v) is 6.96. The van der Waals surface area contributed by atoms with E-state index in [9.17, 15) is 4.57 Å². The summed E-state index contributed by atoms with van der Waals surface area (Å²) in [7, 11) is -3.87. The highest BCUT2D eigenvalue weighted by molar-refractivity contribution is 7.51. The summed E-state index contributed by atoms with van der Waals surface area (Å²) in [5.74, 6) is 0. The van der Waals surface area contributed by atoms with Crippen molar-refractivity contribution in [3.63, 3.8) is 0 Å². The normalized spacial score (nSPS) is 11.9. The van der Waals surface area contributed by atoms with Gasteiger partial charge in [0.1, 0.15) is 0 Å². The number of rotatable bonds is 14. The van der Waals surface area contributed by atoms with Crippen LogP contribution in [0.15, 0.2) is 0 Å². The third kappa shape index (κ3) is 18.1. The molecule has 0 aromatic carbocycles. The van der Waals surface area contributed by atoms with Crippen LogP contribution in [0.2, 0.25) is 0 Å². The van der Waals surface area contributed by atoms with Gasteiger partial charge in [-0.2, -0.15) is 0 Å². The molecule has 5 heteroatoms. The lowest BCUT2D eigenvalue weighted by molar-refractivity contribution is 0.141. The van der Waals surface area contributed by atoms with Gasteiger partial charge in [0.25, 0.3) is 0 Å². The zero-order valence-electron chi connectivity index (χ0n) is 12.4. The van der Waals surface area contributed by atoms with Gasteiger partial charge in [-0.3, -0.25) is 4.57 Å². The van der Waals surface area contributed by atoms with Crippen LogP contribution in [0.4, 0.5) is 0 Å². The fourth-order valence-corrected chi connectivity index (χ4v) is 2.34. The summed E-state index contributed by atoms with van der Waals surface area (Å²) in [5.41, 5.74) is 0. The molecule has 116 valence electrons. The highest BCUT2D eigenvalue weighted by Crippen LogP contribution is 2.33. The molecule has 4 nitrogen and oxygen atoms in total. The Kier molecular flexibility index (Phi) is 13.2. The van der Waals surface area contributed by atoms with Gasteiger partial charge >= 0.3 is 7.60 Å². The van der Waals surface area contributed by atoms with E-state index in [4.69, 9.17) is 14.5 Å². The molecule has 0 aromatic rings. The Balaban J connectivity index is 3.01. The van der Waals surface area contributed by atoms with Crippen molar-refractivity contribution in [2.45, 2.75) is 71.1 Å². The van der Waals surface area contributed by atoms with E-state index < -0.39 is 7.60 Å². The van der Waals surface area contributed by atoms with E-state index in [-0.39, 0.29) is 12.8 Å². The zero-order valence-corrected chi connectivity index (χ0v) is 13.2. The second-order valence-electron chi connectivity index (χ2n) is 5.18. The number of ether oxygens (including phenoxy) is 1. The Morgan fingerprint density at radius 2 is 1.26 bits per heavy atom. The summed E-state index contributed by atoms with van der Waals surface area (Å²) in [6.07, 6.45) is 12.7. The van der Waals surface area contributed by atoms with Crippen LogP contribution in [0.3, 0.4) is 0 Å². The van der Waals surface area contributed by atoms with Gasteiger partial charge in [0.15, 0.2) is 0 Å². The first-order chi connectivity index (χ1) is 9.06. The minimum Gasteiger partial charge on any atom is -0.381 e. The molecule has 19 heavy (non-hydrogen) atoms. The molecule has 0 aliphatic rings. The average Bonchev–Trinajstić information content (AvgIpc) is 2.34. The van der Waals surface area contributed by atoms with Crippen molar-refractivity contribution in [1.29, 1.82) is 0 Å². The maximum atomic E-state index is 10.5. The number of unbranched alkanes of at least 4 members (excludes halogenated alkanes) is 9. The maximum absolute atomic E-state index is 10.5. The predicted octanol–water partition coefficient (Wildman–Crippen LogP) is 4.10. The summed E-state index contributed by atoms with van der Waals surface area (Å²) in [6.45, 7) is 3.03. The quantitative estimate of drug-likeness (QED) is 0.374. The summed E-state index contributed by atoms with van der Waals surface area (Å²) < 4.78 is 15.7. The van der Waals surface area contributed by atoms with Crippen molar-refractivity contribution in [3.05, 3.63) is 0 Å². The van der Waals surface area contributed by atoms with Crippen LogP contribution in [-0.2, 0) is 9.30 Å². The molecule has 0 aliphatic heterocycles. The topological polar surface area (TPSA) is 66.8 Å². The number of hydrogen-bond donors (Lipinski definition) is 2. The molecule has 0 saturated carbocycles. The lowest BCUT2D eigenvalue weighted by Crippen LogP contribution is -2.02. The van der Waals surface area contributed by atoms with E-state index in [1.54, 1.807) is 0 Å². The fraction of sp³-hybridized carbons (Fsp3) is 1.00. The van der Waals surface area contributed by atoms with Gasteiger partial charge in [0, 0.05) is 6.61 Å². The van der Waals surface area contributed by atoms with Crippen molar-refractivity contribution in [2.24, 2.45) is 0 Å². The van der Waals surface area contributed by atoms with E-state index in [1.807, 2.05) is 0 Å². The first kappa shape index (κ1) is 19.1. The Labute approximate surface area is 118 Å². The van der Waals surface area contributed by atoms with Gasteiger partial charge in [-0.15, -0.1) is 0 Å². The molecule has 0 fully saturated rings. The molecular formula is C14H31O4P. The van der Waals surface area contributed by atoms with Crippen molar-refractivity contribution < 1.29 is 19.1 Å². The molecule has 0 unspecified atom stereocenters. The van der Waals surface area contributed by atoms with E-state index in [1.165, 1.54) is 51.4 Å². The van der Waals surface area contributed by atoms with Gasteiger partial charge in [-0.05, 0) is 6.42 Å². The Bertz CT molecular complexity index is 227. The first-order valence-electron chi connectivity index (χ1n) is 7.68. The molecule has 0 aliphatic carbocycles. The summed E-state index contributed by atoms with van der Waals surface area (Å²) in [6, 6.07) is 0. The van der Waals surface area contributed by atoms with Crippen LogP contribution in [0.5, 0.6) is 0 Å². The van der Waals surface area contributed by atoms with E-state index in [0.29, 0.717) is 6.61 Å². The van der Waals surface area contributed by atoms with Gasteiger partial charge < -0.3 is 14.5 Å². The molecule has 0 rings (SSSR count). The van der Waals surface area contributed by atoms with Crippen LogP contribution in [0, 0.1) is 0 Å². The largest absolute Gasteiger partial charge is 0.381 e. The van der Waals surface area contributed by atoms with E-state index in [2.05, 4.69) is 6.92 Å².